The quantitative estimate of drug-likeness (QED) is 0.210. The van der Waals surface area contributed by atoms with Crippen molar-refractivity contribution in [3.63, 3.8) is 0 Å². The third kappa shape index (κ3) is 65.8. The highest BCUT2D eigenvalue weighted by Crippen LogP contribution is 2.29. The molecule has 3 nitrogen and oxygen atoms in total. The molecule has 3 aromatic rings. The van der Waals surface area contributed by atoms with Crippen molar-refractivity contribution in [1.29, 1.82) is 0 Å². The minimum absolute atomic E-state index is 0.0684. The van der Waals surface area contributed by atoms with Gasteiger partial charge in [-0.05, 0) is 129 Å². The maximum Gasteiger partial charge on any atom is 0.216 e. The fourth-order valence-corrected chi connectivity index (χ4v) is 7.00. The number of rotatable bonds is 9. The minimum Gasteiger partial charge on any atom is -0.361 e. The average molecular weight is 1030 g/mol. The molecule has 1 unspecified atom stereocenters. The van der Waals surface area contributed by atoms with Crippen molar-refractivity contribution in [3.8, 4) is 0 Å². The van der Waals surface area contributed by atoms with Gasteiger partial charge in [0.1, 0.15) is 0 Å². The number of thioether (sulfide) groups is 1. The summed E-state index contributed by atoms with van der Waals surface area (Å²) in [5.74, 6) is 3.85. The number of hydrogen-bond donors (Lipinski definition) is 2. The van der Waals surface area contributed by atoms with Crippen LogP contribution in [0.3, 0.4) is 0 Å². The molecule has 0 saturated carbocycles. The van der Waals surface area contributed by atoms with Crippen molar-refractivity contribution in [2.45, 2.75) is 267 Å². The molecule has 0 aliphatic rings. The summed E-state index contributed by atoms with van der Waals surface area (Å²) in [4.78, 5) is 13.8. The number of benzene rings is 2. The summed E-state index contributed by atoms with van der Waals surface area (Å²) in [5.41, 5.74) is 7.80. The Labute approximate surface area is 459 Å². The molecule has 2 N–H and O–H groups in total. The SMILES string of the molecule is CC(=O)NCCCC(C)(C)C.CC(C)(C)C.CC(C)(C)Cc1c[nH]c2ccccc12.CC(C)(C)Cc1ccccc1.CC(C)C(C)(C)C.CC(C)CC(C)(C)C.CCC(C)C(C)(C)C.CSCCC(C)(C)C. The molecule has 1 amide bonds. The van der Waals surface area contributed by atoms with Crippen molar-refractivity contribution in [2.24, 2.45) is 61.1 Å². The zero-order chi connectivity index (χ0) is 58.2. The number of carbonyl (C=O) groups is 1. The van der Waals surface area contributed by atoms with Gasteiger partial charge in [-0.1, -0.05) is 270 Å². The topological polar surface area (TPSA) is 44.9 Å². The van der Waals surface area contributed by atoms with E-state index in [9.17, 15) is 4.79 Å². The van der Waals surface area contributed by atoms with Gasteiger partial charge in [-0.2, -0.15) is 11.8 Å². The minimum atomic E-state index is 0.0684. The van der Waals surface area contributed by atoms with Crippen LogP contribution in [0, 0.1) is 61.1 Å². The molecular formula is C68H132N2OS. The Morgan fingerprint density at radius 1 is 0.569 bits per heavy atom. The standard InChI is InChI=1S/C13H17N.C11H16.C9H19NO.2C8H18.C7H16S.C7H16.C5H12/c1-13(2,3)8-10-9-14-12-7-5-4-6-11(10)12;1-11(2,3)9-10-7-5-4-6-8-10;1-8(11)10-7-5-6-9(2,3)4;1-7(2)6-8(3,4)5;1-6-7(2)8(3,4)5;1-7(2,3)5-6-8-4;1-6(2)7(3,4)5;1-5(2,3)4/h4-7,9,14H,8H2,1-3H3;4-8H,9H2,1-3H3;5-7H2,1-4H3,(H,10,11);2*7H,6H2,1-5H3;5-6H2,1-4H3;6H,1-5H3;1-4H3. The summed E-state index contributed by atoms with van der Waals surface area (Å²) in [7, 11) is 0. The van der Waals surface area contributed by atoms with Crippen LogP contribution in [0.1, 0.15) is 265 Å². The lowest BCUT2D eigenvalue weighted by molar-refractivity contribution is -0.119. The van der Waals surface area contributed by atoms with E-state index >= 15 is 0 Å². The number of H-pyrrole nitrogens is 1. The summed E-state index contributed by atoms with van der Waals surface area (Å²) in [5, 5.41) is 4.14. The lowest BCUT2D eigenvalue weighted by Gasteiger charge is -2.25. The lowest BCUT2D eigenvalue weighted by Crippen LogP contribution is -2.22. The highest BCUT2D eigenvalue weighted by atomic mass is 32.2. The van der Waals surface area contributed by atoms with Crippen LogP contribution in [0.2, 0.25) is 0 Å². The van der Waals surface area contributed by atoms with Crippen molar-refractivity contribution < 1.29 is 4.79 Å². The van der Waals surface area contributed by atoms with E-state index in [-0.39, 0.29) is 5.91 Å². The predicted octanol–water partition coefficient (Wildman–Crippen LogP) is 22.7. The van der Waals surface area contributed by atoms with Crippen molar-refractivity contribution in [1.82, 2.24) is 10.3 Å². The highest BCUT2D eigenvalue weighted by molar-refractivity contribution is 7.98. The zero-order valence-corrected chi connectivity index (χ0v) is 56.0. The molecule has 0 spiro atoms. The van der Waals surface area contributed by atoms with E-state index in [4.69, 9.17) is 0 Å². The van der Waals surface area contributed by atoms with Crippen LogP contribution in [-0.2, 0) is 17.6 Å². The van der Waals surface area contributed by atoms with Crippen LogP contribution in [0.4, 0.5) is 0 Å². The first-order chi connectivity index (χ1) is 32.0. The van der Waals surface area contributed by atoms with E-state index in [1.54, 1.807) is 6.92 Å². The van der Waals surface area contributed by atoms with Gasteiger partial charge >= 0.3 is 0 Å². The maximum atomic E-state index is 10.5. The van der Waals surface area contributed by atoms with Gasteiger partial charge in [0.05, 0.1) is 0 Å². The third-order valence-corrected chi connectivity index (χ3v) is 12.0. The molecule has 0 aliphatic heterocycles. The van der Waals surface area contributed by atoms with Gasteiger partial charge < -0.3 is 10.3 Å². The van der Waals surface area contributed by atoms with Gasteiger partial charge in [-0.3, -0.25) is 4.79 Å². The second-order valence-corrected chi connectivity index (χ2v) is 32.1. The number of carbonyl (C=O) groups excluding carboxylic acids is 1. The number of amides is 1. The van der Waals surface area contributed by atoms with Gasteiger partial charge in [-0.25, -0.2) is 0 Å². The molecule has 0 saturated heterocycles. The Hall–Kier alpha value is -2.20. The van der Waals surface area contributed by atoms with Crippen LogP contribution in [0.5, 0.6) is 0 Å². The van der Waals surface area contributed by atoms with Crippen LogP contribution >= 0.6 is 11.8 Å². The molecule has 0 aliphatic carbocycles. The fraction of sp³-hybridized carbons (Fsp3) is 0.779. The molecule has 0 fully saturated rings. The third-order valence-electron chi connectivity index (χ3n) is 11.4. The van der Waals surface area contributed by atoms with Crippen LogP contribution in [-0.4, -0.2) is 29.4 Å². The monoisotopic (exact) mass is 1030 g/mol. The number of para-hydroxylation sites is 1. The smallest absolute Gasteiger partial charge is 0.216 e. The molecule has 2 aromatic carbocycles. The second kappa shape index (κ2) is 37.5. The van der Waals surface area contributed by atoms with E-state index in [1.807, 2.05) is 11.8 Å². The van der Waals surface area contributed by atoms with Gasteiger partial charge in [0.2, 0.25) is 5.91 Å². The van der Waals surface area contributed by atoms with Crippen molar-refractivity contribution in [3.05, 3.63) is 71.9 Å². The molecule has 72 heavy (non-hydrogen) atoms. The Balaban J connectivity index is -0.000000242. The molecule has 426 valence electrons. The fourth-order valence-electron chi connectivity index (χ4n) is 6.19. The van der Waals surface area contributed by atoms with E-state index < -0.39 is 0 Å². The van der Waals surface area contributed by atoms with Gasteiger partial charge in [0.25, 0.3) is 0 Å². The maximum absolute atomic E-state index is 10.5. The van der Waals surface area contributed by atoms with Gasteiger partial charge in [0.15, 0.2) is 0 Å². The Kier molecular flexibility index (Phi) is 41.0. The molecule has 1 heterocycles. The van der Waals surface area contributed by atoms with Crippen LogP contribution < -0.4 is 5.32 Å². The molecule has 1 aromatic heterocycles. The Morgan fingerprint density at radius 3 is 1.26 bits per heavy atom. The lowest BCUT2D eigenvalue weighted by atomic mass is 9.81. The zero-order valence-electron chi connectivity index (χ0n) is 55.2. The summed E-state index contributed by atoms with van der Waals surface area (Å²) in [6.45, 7) is 72.3. The Morgan fingerprint density at radius 2 is 0.986 bits per heavy atom. The van der Waals surface area contributed by atoms with Gasteiger partial charge in [-0.15, -0.1) is 0 Å². The molecule has 0 radical (unpaired) electrons. The Bertz CT molecular complexity index is 1680. The number of aromatic amines is 1. The predicted molar refractivity (Wildman–Crippen MR) is 338 cm³/mol. The molecule has 3 rings (SSSR count). The molecular weight excluding hydrogens is 893 g/mol. The first kappa shape index (κ1) is 78.7. The summed E-state index contributed by atoms with van der Waals surface area (Å²) < 4.78 is 0. The average Bonchev–Trinajstić information content (AvgIpc) is 3.55. The normalized spacial score (nSPS) is 12.5. The molecule has 1 atom stereocenters. The van der Waals surface area contributed by atoms with E-state index in [1.165, 1.54) is 47.0 Å². The van der Waals surface area contributed by atoms with Crippen molar-refractivity contribution in [2.75, 3.05) is 18.6 Å². The first-order valence-corrected chi connectivity index (χ1v) is 29.7. The summed E-state index contributed by atoms with van der Waals surface area (Å²) in [6.07, 6.45) is 12.8. The van der Waals surface area contributed by atoms with Crippen molar-refractivity contribution >= 4 is 28.6 Å². The number of aromatic nitrogens is 1. The van der Waals surface area contributed by atoms with E-state index in [0.29, 0.717) is 43.3 Å². The highest BCUT2D eigenvalue weighted by Gasteiger charge is 2.18. The summed E-state index contributed by atoms with van der Waals surface area (Å²) in [6, 6.07) is 19.1. The van der Waals surface area contributed by atoms with Crippen LogP contribution in [0.25, 0.3) is 10.9 Å². The van der Waals surface area contributed by atoms with Crippen LogP contribution in [0.15, 0.2) is 60.8 Å². The number of fused-ring (bicyclic) bond motifs is 1. The van der Waals surface area contributed by atoms with E-state index in [0.717, 1.165) is 50.0 Å². The first-order valence-electron chi connectivity index (χ1n) is 28.3. The molecule has 4 heteroatoms. The summed E-state index contributed by atoms with van der Waals surface area (Å²) >= 11 is 1.93. The number of nitrogens with one attached hydrogen (secondary N) is 2. The molecule has 0 bridgehead atoms. The number of hydrogen-bond acceptors (Lipinski definition) is 2. The second-order valence-electron chi connectivity index (χ2n) is 31.1. The largest absolute Gasteiger partial charge is 0.361 e. The van der Waals surface area contributed by atoms with E-state index in [2.05, 4.69) is 292 Å². The van der Waals surface area contributed by atoms with Gasteiger partial charge in [0, 0.05) is 30.6 Å².